The van der Waals surface area contributed by atoms with Gasteiger partial charge >= 0.3 is 11.9 Å². The van der Waals surface area contributed by atoms with Crippen molar-refractivity contribution in [3.63, 3.8) is 0 Å². The number of aliphatic hydroxyl groups excluding tert-OH is 1. The summed E-state index contributed by atoms with van der Waals surface area (Å²) in [6.07, 6.45) is 4.37. The largest absolute Gasteiger partial charge is 0.493 e. The molecule has 2 fully saturated rings. The van der Waals surface area contributed by atoms with E-state index < -0.39 is 69.4 Å². The number of likely N-dealkylation sites (tertiary alicyclic amines) is 2. The lowest BCUT2D eigenvalue weighted by Crippen LogP contribution is -2.49. The maximum Gasteiger partial charge on any atom is 0.343 e. The van der Waals surface area contributed by atoms with Gasteiger partial charge in [-0.3, -0.25) is 34.6 Å². The highest BCUT2D eigenvalue weighted by Crippen LogP contribution is 2.38. The minimum atomic E-state index is -0.859. The minimum absolute atomic E-state index is 0.00658. The predicted molar refractivity (Wildman–Crippen MR) is 218 cm³/mol. The van der Waals surface area contributed by atoms with Gasteiger partial charge < -0.3 is 38.6 Å². The van der Waals surface area contributed by atoms with Crippen LogP contribution in [0, 0.1) is 20.2 Å². The van der Waals surface area contributed by atoms with Crippen LogP contribution in [0.5, 0.6) is 23.0 Å². The molecule has 0 unspecified atom stereocenters. The Morgan fingerprint density at radius 2 is 1.10 bits per heavy atom. The number of rotatable bonds is 13. The Morgan fingerprint density at radius 1 is 0.661 bits per heavy atom. The summed E-state index contributed by atoms with van der Waals surface area (Å²) in [5.74, 6) is -3.83. The van der Waals surface area contributed by atoms with Gasteiger partial charge in [-0.25, -0.2) is 9.59 Å². The number of nitro benzene ring substituents is 2. The van der Waals surface area contributed by atoms with Gasteiger partial charge in [-0.15, -0.1) is 0 Å². The number of benzene rings is 4. The van der Waals surface area contributed by atoms with Crippen LogP contribution in [0.3, 0.4) is 0 Å². The summed E-state index contributed by atoms with van der Waals surface area (Å²) in [5, 5.41) is 32.6. The van der Waals surface area contributed by atoms with Crippen LogP contribution >= 0.6 is 0 Å². The summed E-state index contributed by atoms with van der Waals surface area (Å²) in [7, 11) is 2.57. The normalized spacial score (nSPS) is 15.8. The number of nitro groups is 2. The molecule has 2 heterocycles. The van der Waals surface area contributed by atoms with Crippen molar-refractivity contribution in [3.05, 3.63) is 127 Å². The highest BCUT2D eigenvalue weighted by Gasteiger charge is 2.37. The molecule has 1 N–H and O–H groups in total. The van der Waals surface area contributed by atoms with Crippen LogP contribution in [0.1, 0.15) is 80.0 Å². The van der Waals surface area contributed by atoms with Crippen LogP contribution < -0.4 is 18.9 Å². The molecule has 2 atom stereocenters. The minimum Gasteiger partial charge on any atom is -0.493 e. The van der Waals surface area contributed by atoms with E-state index in [1.807, 2.05) is 0 Å². The number of hydrogen-bond acceptors (Lipinski definition) is 15. The van der Waals surface area contributed by atoms with Crippen molar-refractivity contribution < 1.29 is 62.7 Å². The Hall–Kier alpha value is -7.54. The number of ether oxygens (including phenoxy) is 4. The molecular weight excluding hydrogens is 812 g/mol. The molecule has 0 bridgehead atoms. The lowest BCUT2D eigenvalue weighted by Gasteiger charge is -2.34. The molecule has 4 aromatic carbocycles. The molecule has 2 amide bonds. The van der Waals surface area contributed by atoms with Crippen LogP contribution in [0.25, 0.3) is 0 Å². The van der Waals surface area contributed by atoms with E-state index in [0.29, 0.717) is 44.9 Å². The van der Waals surface area contributed by atoms with Crippen LogP contribution in [-0.4, -0.2) is 107 Å². The lowest BCUT2D eigenvalue weighted by atomic mass is 9.97. The van der Waals surface area contributed by atoms with Gasteiger partial charge in [0.1, 0.15) is 24.0 Å². The van der Waals surface area contributed by atoms with Gasteiger partial charge in [0, 0.05) is 25.2 Å². The second-order valence-corrected chi connectivity index (χ2v) is 13.9. The van der Waals surface area contributed by atoms with Crippen molar-refractivity contribution in [1.82, 2.24) is 9.80 Å². The topological polar surface area (TPSA) is 252 Å². The van der Waals surface area contributed by atoms with Crippen LogP contribution in [-0.2, 0) is 9.59 Å². The number of carbonyl (C=O) groups is 6. The monoisotopic (exact) mass is 854 g/mol. The molecule has 6 rings (SSSR count). The summed E-state index contributed by atoms with van der Waals surface area (Å²) >= 11 is 0. The number of aliphatic hydroxyl groups is 1. The van der Waals surface area contributed by atoms with Gasteiger partial charge in [-0.2, -0.15) is 0 Å². The number of esters is 2. The van der Waals surface area contributed by atoms with Crippen molar-refractivity contribution in [2.45, 2.75) is 50.6 Å². The summed E-state index contributed by atoms with van der Waals surface area (Å²) in [5.41, 5.74) is -1.17. The van der Waals surface area contributed by atoms with Gasteiger partial charge in [0.25, 0.3) is 23.2 Å². The zero-order valence-electron chi connectivity index (χ0n) is 33.6. The number of piperidine rings is 2. The van der Waals surface area contributed by atoms with E-state index >= 15 is 0 Å². The van der Waals surface area contributed by atoms with E-state index in [4.69, 9.17) is 18.9 Å². The molecule has 0 saturated carbocycles. The maximum atomic E-state index is 13.2. The molecule has 2 saturated heterocycles. The van der Waals surface area contributed by atoms with E-state index in [1.54, 1.807) is 36.4 Å². The average Bonchev–Trinajstić information content (AvgIpc) is 3.31. The van der Waals surface area contributed by atoms with Gasteiger partial charge in [0.2, 0.25) is 0 Å². The fourth-order valence-corrected chi connectivity index (χ4v) is 6.96. The van der Waals surface area contributed by atoms with Crippen molar-refractivity contribution in [3.8, 4) is 23.0 Å². The second-order valence-electron chi connectivity index (χ2n) is 13.9. The molecule has 19 heteroatoms. The first-order chi connectivity index (χ1) is 29.8. The summed E-state index contributed by atoms with van der Waals surface area (Å²) in [4.78, 5) is 98.9. The highest BCUT2D eigenvalue weighted by atomic mass is 16.6. The van der Waals surface area contributed by atoms with E-state index in [-0.39, 0.29) is 51.8 Å². The number of carbonyl (C=O) groups excluding carboxylic acids is 6. The Bertz CT molecular complexity index is 2340. The number of methoxy groups -OCH3 is 2. The first-order valence-corrected chi connectivity index (χ1v) is 19.3. The molecule has 0 spiro atoms. The first-order valence-electron chi connectivity index (χ1n) is 19.3. The average molecular weight is 855 g/mol. The molecule has 0 radical (unpaired) electrons. The zero-order chi connectivity index (χ0) is 44.9. The third kappa shape index (κ3) is 10.6. The zero-order valence-corrected chi connectivity index (χ0v) is 33.6. The lowest BCUT2D eigenvalue weighted by molar-refractivity contribution is -0.385. The fourth-order valence-electron chi connectivity index (χ4n) is 6.96. The number of aldehydes is 1. The summed E-state index contributed by atoms with van der Waals surface area (Å²) in [6.45, 7) is -0.180. The van der Waals surface area contributed by atoms with Crippen molar-refractivity contribution >= 4 is 47.2 Å². The number of hydrogen-bond donors (Lipinski definition) is 1. The molecule has 4 aromatic rings. The van der Waals surface area contributed by atoms with E-state index in [9.17, 15) is 54.1 Å². The molecule has 19 nitrogen and oxygen atoms in total. The van der Waals surface area contributed by atoms with E-state index in [2.05, 4.69) is 0 Å². The number of Topliss-reactive ketones (excluding diaryl/α,β-unsaturated/α-hetero) is 1. The van der Waals surface area contributed by atoms with Gasteiger partial charge in [-0.05, 0) is 62.8 Å². The molecule has 2 aliphatic rings. The summed E-state index contributed by atoms with van der Waals surface area (Å²) < 4.78 is 21.0. The summed E-state index contributed by atoms with van der Waals surface area (Å²) in [6, 6.07) is 18.9. The highest BCUT2D eigenvalue weighted by molar-refractivity contribution is 6.03. The molecule has 324 valence electrons. The Labute approximate surface area is 354 Å². The van der Waals surface area contributed by atoms with Crippen molar-refractivity contribution in [1.29, 1.82) is 0 Å². The quantitative estimate of drug-likeness (QED) is 0.0581. The molecular formula is C43H42N4O15. The predicted octanol–water partition coefficient (Wildman–Crippen LogP) is 5.39. The standard InChI is InChI=1S/C22H22N2O8.C21H20N2O7/c1-31-19-11-15(21(27)23-10-6-5-9-16(23)18(26)13-25)17(24(29)30)12-20(19)32-22(28)14-7-3-2-4-8-14;1-29-18-11-16(20(25)22-10-6-5-9-15(22)13-24)17(23(27)28)12-19(18)30-21(26)14-7-3-2-4-8-14/h2-4,7-8,11-12,16,25H,5-6,9-10,13H2,1H3;2-4,7-8,11-13,15H,5-6,9-10H2,1H3/t16-;15-/m11/s1. The van der Waals surface area contributed by atoms with Gasteiger partial charge in [-0.1, -0.05) is 36.4 Å². The smallest absolute Gasteiger partial charge is 0.343 e. The Balaban J connectivity index is 0.000000235. The number of ketones is 1. The van der Waals surface area contributed by atoms with Crippen LogP contribution in [0.2, 0.25) is 0 Å². The van der Waals surface area contributed by atoms with E-state index in [0.717, 1.165) is 24.6 Å². The molecule has 0 aliphatic carbocycles. The fraction of sp³-hybridized carbons (Fsp3) is 0.302. The number of nitrogens with zero attached hydrogens (tertiary/aromatic N) is 4. The van der Waals surface area contributed by atoms with Gasteiger partial charge in [0.05, 0.1) is 59.4 Å². The van der Waals surface area contributed by atoms with Crippen molar-refractivity contribution in [2.75, 3.05) is 33.9 Å². The second kappa shape index (κ2) is 21.1. The van der Waals surface area contributed by atoms with Gasteiger partial charge in [0.15, 0.2) is 28.8 Å². The third-order valence-electron chi connectivity index (χ3n) is 10.1. The van der Waals surface area contributed by atoms with Crippen LogP contribution in [0.4, 0.5) is 11.4 Å². The van der Waals surface area contributed by atoms with Crippen LogP contribution in [0.15, 0.2) is 84.9 Å². The maximum absolute atomic E-state index is 13.2. The molecule has 0 aromatic heterocycles. The van der Waals surface area contributed by atoms with Crippen molar-refractivity contribution in [2.24, 2.45) is 0 Å². The molecule has 2 aliphatic heterocycles. The van der Waals surface area contributed by atoms with E-state index in [1.165, 1.54) is 54.4 Å². The Kier molecular flexibility index (Phi) is 15.5. The first kappa shape index (κ1) is 45.5. The molecule has 62 heavy (non-hydrogen) atoms. The third-order valence-corrected chi connectivity index (χ3v) is 10.1. The Morgan fingerprint density at radius 3 is 1.52 bits per heavy atom. The number of amides is 2. The SMILES string of the molecule is COc1cc(C(=O)N2CCCC[C@@H]2C(=O)CO)c([N+](=O)[O-])cc1OC(=O)c1ccccc1.COc1cc(C(=O)N2CCCC[C@@H]2C=O)c([N+](=O)[O-])cc1OC(=O)c1ccccc1.